The average molecular weight is 484 g/mol. The molecule has 0 radical (unpaired) electrons. The molecule has 0 fully saturated rings. The van der Waals surface area contributed by atoms with Crippen LogP contribution < -0.4 is 15.2 Å². The van der Waals surface area contributed by atoms with Crippen molar-refractivity contribution >= 4 is 22.6 Å². The fraction of sp³-hybridized carbons (Fsp3) is 0.143. The number of H-pyrrole nitrogens is 1. The highest BCUT2D eigenvalue weighted by Gasteiger charge is 2.34. The normalized spacial score (nSPS) is 15.5. The summed E-state index contributed by atoms with van der Waals surface area (Å²) in [6.07, 6.45) is 0. The molecule has 1 aliphatic rings. The van der Waals surface area contributed by atoms with E-state index in [4.69, 9.17) is 15.2 Å². The van der Waals surface area contributed by atoms with Crippen molar-refractivity contribution in [2.45, 2.75) is 19.4 Å². The van der Waals surface area contributed by atoms with Crippen LogP contribution in [0, 0.1) is 21.8 Å². The number of nitriles is 1. The summed E-state index contributed by atoms with van der Waals surface area (Å²) in [6, 6.07) is 18.1. The standard InChI is InChI=1S/C21H17IN4O2/c1-12-18-19(17(10-23)20(24)28-21(18)26-25-12)14-4-8-16(9-5-14)27-11-13-2-6-15(22)7-3-13/h2-9,19H,11,24H2,1H3,(H,25,26)/t19-/m1/s1. The van der Waals surface area contributed by atoms with Crippen LogP contribution in [0.3, 0.4) is 0 Å². The zero-order valence-corrected chi connectivity index (χ0v) is 17.2. The Bertz CT molecular complexity index is 1080. The van der Waals surface area contributed by atoms with Crippen LogP contribution in [0.2, 0.25) is 0 Å². The maximum Gasteiger partial charge on any atom is 0.244 e. The Balaban J connectivity index is 1.58. The number of nitrogens with zero attached hydrogens (tertiary/aromatic N) is 2. The molecule has 1 aliphatic heterocycles. The lowest BCUT2D eigenvalue weighted by Gasteiger charge is -2.23. The molecule has 28 heavy (non-hydrogen) atoms. The van der Waals surface area contributed by atoms with Crippen LogP contribution in [-0.4, -0.2) is 10.2 Å². The zero-order chi connectivity index (χ0) is 19.7. The van der Waals surface area contributed by atoms with Crippen molar-refractivity contribution in [2.75, 3.05) is 0 Å². The fourth-order valence-corrected chi connectivity index (χ4v) is 3.60. The Kier molecular flexibility index (Phi) is 4.96. The van der Waals surface area contributed by atoms with Gasteiger partial charge in [0.05, 0.1) is 5.92 Å². The van der Waals surface area contributed by atoms with Crippen molar-refractivity contribution in [3.8, 4) is 17.7 Å². The second-order valence-electron chi connectivity index (χ2n) is 6.48. The van der Waals surface area contributed by atoms with Crippen LogP contribution in [0.1, 0.15) is 28.3 Å². The molecule has 0 amide bonds. The molecule has 0 bridgehead atoms. The second-order valence-corrected chi connectivity index (χ2v) is 7.72. The molecule has 0 saturated carbocycles. The molecule has 140 valence electrons. The number of nitrogens with one attached hydrogen (secondary N) is 1. The molecule has 0 aliphatic carbocycles. The Hall–Kier alpha value is -2.99. The monoisotopic (exact) mass is 484 g/mol. The maximum absolute atomic E-state index is 9.61. The van der Waals surface area contributed by atoms with E-state index in [9.17, 15) is 5.26 Å². The van der Waals surface area contributed by atoms with Crippen LogP contribution >= 0.6 is 22.6 Å². The van der Waals surface area contributed by atoms with Gasteiger partial charge in [0.25, 0.3) is 0 Å². The minimum atomic E-state index is -0.322. The summed E-state index contributed by atoms with van der Waals surface area (Å²) in [4.78, 5) is 0. The number of hydrogen-bond acceptors (Lipinski definition) is 5. The number of rotatable bonds is 4. The smallest absolute Gasteiger partial charge is 0.244 e. The molecule has 0 spiro atoms. The number of ether oxygens (including phenoxy) is 2. The van der Waals surface area contributed by atoms with Gasteiger partial charge in [-0.3, -0.25) is 5.10 Å². The summed E-state index contributed by atoms with van der Waals surface area (Å²) in [5.41, 5.74) is 10.0. The molecule has 6 nitrogen and oxygen atoms in total. The Morgan fingerprint density at radius 1 is 1.21 bits per heavy atom. The Morgan fingerprint density at radius 2 is 1.93 bits per heavy atom. The third kappa shape index (κ3) is 3.43. The van der Waals surface area contributed by atoms with Gasteiger partial charge in [0.2, 0.25) is 11.8 Å². The summed E-state index contributed by atoms with van der Waals surface area (Å²) < 4.78 is 12.6. The largest absolute Gasteiger partial charge is 0.489 e. The first-order valence-corrected chi connectivity index (χ1v) is 9.74. The van der Waals surface area contributed by atoms with Crippen LogP contribution in [0.5, 0.6) is 11.6 Å². The summed E-state index contributed by atoms with van der Waals surface area (Å²) >= 11 is 2.28. The van der Waals surface area contributed by atoms with Gasteiger partial charge in [0, 0.05) is 14.8 Å². The molecule has 7 heteroatoms. The quantitative estimate of drug-likeness (QED) is 0.544. The number of fused-ring (bicyclic) bond motifs is 1. The third-order valence-corrected chi connectivity index (χ3v) is 5.38. The molecular formula is C21H17IN4O2. The topological polar surface area (TPSA) is 97.0 Å². The molecule has 2 aromatic carbocycles. The predicted molar refractivity (Wildman–Crippen MR) is 113 cm³/mol. The van der Waals surface area contributed by atoms with Crippen molar-refractivity contribution in [3.05, 3.63) is 85.9 Å². The van der Waals surface area contributed by atoms with Crippen LogP contribution in [-0.2, 0) is 6.61 Å². The van der Waals surface area contributed by atoms with E-state index >= 15 is 0 Å². The van der Waals surface area contributed by atoms with Gasteiger partial charge in [-0.15, -0.1) is 5.10 Å². The molecule has 2 heterocycles. The average Bonchev–Trinajstić information content (AvgIpc) is 3.07. The first-order chi connectivity index (χ1) is 13.6. The minimum Gasteiger partial charge on any atom is -0.489 e. The highest BCUT2D eigenvalue weighted by molar-refractivity contribution is 14.1. The summed E-state index contributed by atoms with van der Waals surface area (Å²) in [6.45, 7) is 2.39. The number of aromatic amines is 1. The van der Waals surface area contributed by atoms with Gasteiger partial charge in [-0.25, -0.2) is 0 Å². The summed E-state index contributed by atoms with van der Waals surface area (Å²) in [7, 11) is 0. The molecule has 0 saturated heterocycles. The summed E-state index contributed by atoms with van der Waals surface area (Å²) in [5, 5.41) is 16.7. The Morgan fingerprint density at radius 3 is 2.61 bits per heavy atom. The van der Waals surface area contributed by atoms with Crippen molar-refractivity contribution < 1.29 is 9.47 Å². The second kappa shape index (κ2) is 7.56. The van der Waals surface area contributed by atoms with E-state index in [-0.39, 0.29) is 11.8 Å². The highest BCUT2D eigenvalue weighted by Crippen LogP contribution is 2.42. The molecule has 1 aromatic heterocycles. The van der Waals surface area contributed by atoms with Crippen LogP contribution in [0.25, 0.3) is 0 Å². The van der Waals surface area contributed by atoms with E-state index in [0.717, 1.165) is 28.1 Å². The maximum atomic E-state index is 9.61. The minimum absolute atomic E-state index is 0.0885. The van der Waals surface area contributed by atoms with Crippen molar-refractivity contribution in [3.63, 3.8) is 0 Å². The number of hydrogen-bond donors (Lipinski definition) is 2. The number of nitrogens with two attached hydrogens (primary N) is 1. The van der Waals surface area contributed by atoms with Crippen molar-refractivity contribution in [1.82, 2.24) is 10.2 Å². The predicted octanol–water partition coefficient (Wildman–Crippen LogP) is 4.12. The lowest BCUT2D eigenvalue weighted by molar-refractivity contribution is 0.306. The van der Waals surface area contributed by atoms with Crippen molar-refractivity contribution in [2.24, 2.45) is 5.73 Å². The number of halogens is 1. The van der Waals surface area contributed by atoms with E-state index in [1.54, 1.807) is 0 Å². The first-order valence-electron chi connectivity index (χ1n) is 8.66. The third-order valence-electron chi connectivity index (χ3n) is 4.66. The van der Waals surface area contributed by atoms with E-state index in [1.807, 2.05) is 43.3 Å². The van der Waals surface area contributed by atoms with Gasteiger partial charge in [-0.05, 0) is 64.9 Å². The van der Waals surface area contributed by atoms with Crippen molar-refractivity contribution in [1.29, 1.82) is 5.26 Å². The number of aryl methyl sites for hydroxylation is 1. The molecule has 4 rings (SSSR count). The van der Waals surface area contributed by atoms with Gasteiger partial charge < -0.3 is 15.2 Å². The Labute approximate surface area is 176 Å². The summed E-state index contributed by atoms with van der Waals surface area (Å²) in [5.74, 6) is 0.940. The number of aromatic nitrogens is 2. The molecular weight excluding hydrogens is 467 g/mol. The van der Waals surface area contributed by atoms with Gasteiger partial charge in [-0.1, -0.05) is 24.3 Å². The SMILES string of the molecule is Cc1[nH]nc2c1[C@H](c1ccc(OCc3ccc(I)cc3)cc1)C(C#N)=C(N)O2. The van der Waals surface area contributed by atoms with Gasteiger partial charge in [0.15, 0.2) is 0 Å². The number of allylic oxidation sites excluding steroid dienone is 1. The zero-order valence-electron chi connectivity index (χ0n) is 15.1. The highest BCUT2D eigenvalue weighted by atomic mass is 127. The first kappa shape index (κ1) is 18.4. The van der Waals surface area contributed by atoms with E-state index < -0.39 is 0 Å². The molecule has 0 unspecified atom stereocenters. The van der Waals surface area contributed by atoms with E-state index in [0.29, 0.717) is 18.1 Å². The number of benzene rings is 2. The van der Waals surface area contributed by atoms with Gasteiger partial charge in [0.1, 0.15) is 24.0 Å². The fourth-order valence-electron chi connectivity index (χ4n) is 3.24. The van der Waals surface area contributed by atoms with Gasteiger partial charge >= 0.3 is 0 Å². The molecule has 1 atom stereocenters. The lowest BCUT2D eigenvalue weighted by Crippen LogP contribution is -2.21. The van der Waals surface area contributed by atoms with Crippen LogP contribution in [0.4, 0.5) is 0 Å². The molecule has 3 N–H and O–H groups in total. The van der Waals surface area contributed by atoms with E-state index in [1.165, 1.54) is 3.57 Å². The molecule has 3 aromatic rings. The van der Waals surface area contributed by atoms with Gasteiger partial charge in [-0.2, -0.15) is 5.26 Å². The van der Waals surface area contributed by atoms with E-state index in [2.05, 4.69) is 51.0 Å². The van der Waals surface area contributed by atoms with Crippen LogP contribution in [0.15, 0.2) is 60.0 Å². The lowest BCUT2D eigenvalue weighted by atomic mass is 9.84.